The molecule has 2 saturated carbocycles. The van der Waals surface area contributed by atoms with Gasteiger partial charge in [0.15, 0.2) is 5.41 Å². The molecule has 2 fully saturated rings. The summed E-state index contributed by atoms with van der Waals surface area (Å²) in [6.07, 6.45) is 3.86. The van der Waals surface area contributed by atoms with Crippen LogP contribution >= 0.6 is 0 Å². The van der Waals surface area contributed by atoms with E-state index in [1.807, 2.05) is 12.1 Å². The lowest BCUT2D eigenvalue weighted by molar-refractivity contribution is -0.168. The average molecular weight is 619 g/mol. The molecule has 8 heteroatoms. The zero-order chi connectivity index (χ0) is 32.3. The Labute approximate surface area is 267 Å². The summed E-state index contributed by atoms with van der Waals surface area (Å²) >= 11 is 0. The van der Waals surface area contributed by atoms with E-state index in [1.54, 1.807) is 36.4 Å². The van der Waals surface area contributed by atoms with Crippen LogP contribution in [-0.2, 0) is 41.4 Å². The summed E-state index contributed by atoms with van der Waals surface area (Å²) in [4.78, 5) is 51.1. The fourth-order valence-electron chi connectivity index (χ4n) is 8.75. The molecule has 4 aliphatic carbocycles. The summed E-state index contributed by atoms with van der Waals surface area (Å²) in [5, 5.41) is 0. The van der Waals surface area contributed by atoms with Crippen molar-refractivity contribution in [3.05, 3.63) is 93.0 Å². The highest BCUT2D eigenvalue weighted by atomic mass is 16.5. The van der Waals surface area contributed by atoms with Gasteiger partial charge in [0.1, 0.15) is 0 Å². The zero-order valence-electron chi connectivity index (χ0n) is 26.2. The highest BCUT2D eigenvalue weighted by Gasteiger charge is 2.61. The van der Waals surface area contributed by atoms with E-state index in [9.17, 15) is 19.2 Å². The Morgan fingerprint density at radius 3 is 1.72 bits per heavy atom. The van der Waals surface area contributed by atoms with Crippen LogP contribution in [0, 0.1) is 29.1 Å². The number of methoxy groups -OCH3 is 4. The molecule has 0 heterocycles. The van der Waals surface area contributed by atoms with E-state index in [-0.39, 0.29) is 12.8 Å². The Kier molecular flexibility index (Phi) is 7.23. The fourth-order valence-corrected chi connectivity index (χ4v) is 8.75. The lowest BCUT2D eigenvalue weighted by atomic mass is 9.57. The number of benzene rings is 3. The van der Waals surface area contributed by atoms with E-state index in [0.717, 1.165) is 27.8 Å². The molecule has 0 amide bonds. The second-order valence-electron chi connectivity index (χ2n) is 12.7. The van der Waals surface area contributed by atoms with Crippen LogP contribution in [0.3, 0.4) is 0 Å². The van der Waals surface area contributed by atoms with Crippen LogP contribution in [0.4, 0.5) is 0 Å². The quantitative estimate of drug-likeness (QED) is 0.163. The van der Waals surface area contributed by atoms with E-state index < -0.39 is 29.3 Å². The van der Waals surface area contributed by atoms with Gasteiger partial charge in [-0.2, -0.15) is 0 Å². The van der Waals surface area contributed by atoms with Crippen molar-refractivity contribution in [2.24, 2.45) is 17.3 Å². The van der Waals surface area contributed by atoms with Crippen LogP contribution in [0.2, 0.25) is 0 Å². The summed E-state index contributed by atoms with van der Waals surface area (Å²) < 4.78 is 20.2. The molecule has 3 aromatic carbocycles. The van der Waals surface area contributed by atoms with Crippen LogP contribution in [-0.4, -0.2) is 52.3 Å². The average Bonchev–Trinajstić information content (AvgIpc) is 3.79. The maximum atomic E-state index is 13.4. The first-order chi connectivity index (χ1) is 22.3. The Bertz CT molecular complexity index is 1840. The van der Waals surface area contributed by atoms with E-state index in [2.05, 4.69) is 11.8 Å². The largest absolute Gasteiger partial charge is 0.468 e. The van der Waals surface area contributed by atoms with Gasteiger partial charge in [0.2, 0.25) is 0 Å². The Balaban J connectivity index is 1.47. The third kappa shape index (κ3) is 4.28. The molecule has 3 aromatic rings. The molecule has 0 unspecified atom stereocenters. The molecule has 2 bridgehead atoms. The van der Waals surface area contributed by atoms with Crippen molar-refractivity contribution in [1.82, 2.24) is 0 Å². The first kappa shape index (κ1) is 29.8. The Hall–Kier alpha value is -4.90. The molecule has 0 aliphatic heterocycles. The fraction of sp³-hybridized carbons (Fsp3) is 0.368. The normalized spacial score (nSPS) is 22.3. The number of rotatable bonds is 5. The smallest absolute Gasteiger partial charge is 0.337 e. The highest BCUT2D eigenvalue weighted by Crippen LogP contribution is 2.71. The number of ether oxygens (including phenoxy) is 4. The Morgan fingerprint density at radius 2 is 1.17 bits per heavy atom. The van der Waals surface area contributed by atoms with Crippen molar-refractivity contribution >= 4 is 23.9 Å². The molecule has 0 saturated heterocycles. The first-order valence-electron chi connectivity index (χ1n) is 15.5. The van der Waals surface area contributed by atoms with Gasteiger partial charge in [0.25, 0.3) is 0 Å². The number of esters is 4. The maximum absolute atomic E-state index is 13.4. The summed E-state index contributed by atoms with van der Waals surface area (Å²) in [5.41, 5.74) is 7.08. The van der Waals surface area contributed by atoms with Gasteiger partial charge in [-0.25, -0.2) is 9.59 Å². The number of hydrogen-bond donors (Lipinski definition) is 0. The molecular formula is C38H34O8. The number of hydrogen-bond acceptors (Lipinski definition) is 8. The van der Waals surface area contributed by atoms with Gasteiger partial charge in [-0.15, -0.1) is 0 Å². The molecule has 0 N–H and O–H groups in total. The Morgan fingerprint density at radius 1 is 0.652 bits per heavy atom. The van der Waals surface area contributed by atoms with Crippen LogP contribution in [0.5, 0.6) is 0 Å². The van der Waals surface area contributed by atoms with Crippen molar-refractivity contribution in [1.29, 1.82) is 0 Å². The van der Waals surface area contributed by atoms with Gasteiger partial charge >= 0.3 is 23.9 Å². The second-order valence-corrected chi connectivity index (χ2v) is 12.7. The van der Waals surface area contributed by atoms with Gasteiger partial charge in [0.05, 0.1) is 39.6 Å². The van der Waals surface area contributed by atoms with Gasteiger partial charge in [-0.1, -0.05) is 24.0 Å². The molecule has 8 nitrogen and oxygen atoms in total. The minimum absolute atomic E-state index is 0.110. The lowest BCUT2D eigenvalue weighted by Crippen LogP contribution is -2.42. The van der Waals surface area contributed by atoms with E-state index in [4.69, 9.17) is 18.9 Å². The molecule has 4 atom stereocenters. The van der Waals surface area contributed by atoms with Crippen LogP contribution < -0.4 is 0 Å². The molecule has 46 heavy (non-hydrogen) atoms. The van der Waals surface area contributed by atoms with Crippen molar-refractivity contribution < 1.29 is 38.1 Å². The van der Waals surface area contributed by atoms with Crippen molar-refractivity contribution in [2.75, 3.05) is 28.4 Å². The molecule has 4 aliphatic rings. The summed E-state index contributed by atoms with van der Waals surface area (Å²) in [6, 6.07) is 14.2. The topological polar surface area (TPSA) is 105 Å². The van der Waals surface area contributed by atoms with Gasteiger partial charge < -0.3 is 18.9 Å². The lowest BCUT2D eigenvalue weighted by Gasteiger charge is -2.46. The SMILES string of the molecule is COC(=O)c1ccc(C#Cc2c3c(c4c(c2-c2ccc(C(=O)OC)cc2)[C@H]2[C@@H]5CC[C@@H](C5)[C@@H]42)CC(C(=O)OC)(C(=O)OC)C3)cc1. The standard InChI is InChI=1S/C38H34O8/c1-43-34(39)22-8-5-20(6-9-22)7-16-26-27-18-38(36(41)45-3,37(42)46-4)19-28(27)32-30-24-14-15-25(17-24)31(30)33(32)29(26)21-10-12-23(13-11-21)35(40)44-2/h5-6,8-13,24-25,30-31H,14-15,17-19H2,1-4H3/t24-,25+,30+,31-/m0/s1. The third-order valence-electron chi connectivity index (χ3n) is 10.7. The third-order valence-corrected chi connectivity index (χ3v) is 10.7. The number of carbonyl (C=O) groups is 4. The summed E-state index contributed by atoms with van der Waals surface area (Å²) in [5.74, 6) is 6.58. The second kappa shape index (κ2) is 11.2. The summed E-state index contributed by atoms with van der Waals surface area (Å²) in [7, 11) is 5.29. The minimum Gasteiger partial charge on any atom is -0.468 e. The first-order valence-corrected chi connectivity index (χ1v) is 15.5. The van der Waals surface area contributed by atoms with Crippen molar-refractivity contribution in [3.63, 3.8) is 0 Å². The van der Waals surface area contributed by atoms with Crippen LogP contribution in [0.15, 0.2) is 48.5 Å². The zero-order valence-corrected chi connectivity index (χ0v) is 26.2. The molecule has 0 spiro atoms. The predicted octanol–water partition coefficient (Wildman–Crippen LogP) is 5.37. The van der Waals surface area contributed by atoms with Crippen molar-refractivity contribution in [2.45, 2.75) is 43.9 Å². The van der Waals surface area contributed by atoms with Gasteiger partial charge in [0, 0.05) is 29.5 Å². The molecular weight excluding hydrogens is 584 g/mol. The molecule has 7 rings (SSSR count). The minimum atomic E-state index is -1.51. The molecule has 0 aromatic heterocycles. The monoisotopic (exact) mass is 618 g/mol. The van der Waals surface area contributed by atoms with Gasteiger partial charge in [-0.3, -0.25) is 9.59 Å². The van der Waals surface area contributed by atoms with Crippen molar-refractivity contribution in [3.8, 4) is 23.0 Å². The van der Waals surface area contributed by atoms with Crippen LogP contribution in [0.25, 0.3) is 11.1 Å². The number of carbonyl (C=O) groups excluding carboxylic acids is 4. The number of fused-ring (bicyclic) bond motifs is 10. The van der Waals surface area contributed by atoms with Gasteiger partial charge in [-0.05, 0) is 107 Å². The van der Waals surface area contributed by atoms with E-state index in [0.29, 0.717) is 40.4 Å². The predicted molar refractivity (Wildman–Crippen MR) is 167 cm³/mol. The van der Waals surface area contributed by atoms with E-state index in [1.165, 1.54) is 58.8 Å². The maximum Gasteiger partial charge on any atom is 0.337 e. The summed E-state index contributed by atoms with van der Waals surface area (Å²) in [6.45, 7) is 0. The molecule has 234 valence electrons. The van der Waals surface area contributed by atoms with Crippen LogP contribution in [0.1, 0.15) is 85.2 Å². The highest BCUT2D eigenvalue weighted by molar-refractivity contribution is 6.02. The molecule has 0 radical (unpaired) electrons. The van der Waals surface area contributed by atoms with E-state index >= 15 is 0 Å².